The van der Waals surface area contributed by atoms with Crippen molar-refractivity contribution in [3.05, 3.63) is 29.8 Å². The maximum Gasteiger partial charge on any atom is 0.162 e. The maximum atomic E-state index is 11.5. The standard InChI is InChI=1S/C12H17NO2/c1-2-3-12(15)10-4-6-11(7-5-10)13-8-9-14/h4-7,13-14H,2-3,8-9H2,1H3. The van der Waals surface area contributed by atoms with E-state index in [1.54, 1.807) is 0 Å². The van der Waals surface area contributed by atoms with Crippen molar-refractivity contribution in [1.29, 1.82) is 0 Å². The van der Waals surface area contributed by atoms with Crippen LogP contribution in [0.4, 0.5) is 5.69 Å². The molecule has 0 amide bonds. The second kappa shape index (κ2) is 6.19. The minimum atomic E-state index is 0.108. The SMILES string of the molecule is CCCC(=O)c1ccc(NCCO)cc1. The molecule has 0 unspecified atom stereocenters. The molecule has 0 fully saturated rings. The zero-order chi connectivity index (χ0) is 11.1. The fourth-order valence-electron chi connectivity index (χ4n) is 1.35. The van der Waals surface area contributed by atoms with Crippen molar-refractivity contribution in [2.45, 2.75) is 19.8 Å². The average Bonchev–Trinajstić information content (AvgIpc) is 2.27. The highest BCUT2D eigenvalue weighted by atomic mass is 16.3. The summed E-state index contributed by atoms with van der Waals surface area (Å²) < 4.78 is 0. The summed E-state index contributed by atoms with van der Waals surface area (Å²) in [6.45, 7) is 2.63. The summed E-state index contributed by atoms with van der Waals surface area (Å²) >= 11 is 0. The Balaban J connectivity index is 2.59. The van der Waals surface area contributed by atoms with E-state index in [-0.39, 0.29) is 12.4 Å². The Morgan fingerprint density at radius 2 is 2.00 bits per heavy atom. The molecule has 3 heteroatoms. The lowest BCUT2D eigenvalue weighted by atomic mass is 10.1. The van der Waals surface area contributed by atoms with Gasteiger partial charge in [0.1, 0.15) is 0 Å². The van der Waals surface area contributed by atoms with E-state index in [4.69, 9.17) is 5.11 Å². The highest BCUT2D eigenvalue weighted by Crippen LogP contribution is 2.11. The van der Waals surface area contributed by atoms with Crippen LogP contribution in [0.15, 0.2) is 24.3 Å². The minimum absolute atomic E-state index is 0.108. The monoisotopic (exact) mass is 207 g/mol. The van der Waals surface area contributed by atoms with Gasteiger partial charge in [-0.2, -0.15) is 0 Å². The van der Waals surface area contributed by atoms with Crippen LogP contribution in [0.2, 0.25) is 0 Å². The van der Waals surface area contributed by atoms with Gasteiger partial charge in [0.05, 0.1) is 6.61 Å². The Bertz CT molecular complexity index is 306. The molecule has 0 aliphatic carbocycles. The van der Waals surface area contributed by atoms with E-state index in [2.05, 4.69) is 5.32 Å². The molecule has 0 radical (unpaired) electrons. The van der Waals surface area contributed by atoms with E-state index in [0.29, 0.717) is 13.0 Å². The molecule has 0 aromatic heterocycles. The van der Waals surface area contributed by atoms with Crippen LogP contribution in [-0.4, -0.2) is 24.0 Å². The highest BCUT2D eigenvalue weighted by molar-refractivity contribution is 5.96. The summed E-state index contributed by atoms with van der Waals surface area (Å²) in [4.78, 5) is 11.5. The second-order valence-electron chi connectivity index (χ2n) is 3.40. The first-order chi connectivity index (χ1) is 7.27. The molecule has 0 saturated carbocycles. The number of aliphatic hydroxyl groups excluding tert-OH is 1. The topological polar surface area (TPSA) is 49.3 Å². The summed E-state index contributed by atoms with van der Waals surface area (Å²) in [5, 5.41) is 11.7. The van der Waals surface area contributed by atoms with Gasteiger partial charge in [-0.25, -0.2) is 0 Å². The normalized spacial score (nSPS) is 10.0. The fraction of sp³-hybridized carbons (Fsp3) is 0.417. The Kier molecular flexibility index (Phi) is 4.84. The van der Waals surface area contributed by atoms with E-state index in [9.17, 15) is 4.79 Å². The molecule has 0 spiro atoms. The van der Waals surface area contributed by atoms with Crippen LogP contribution in [0.5, 0.6) is 0 Å². The molecular weight excluding hydrogens is 190 g/mol. The number of rotatable bonds is 6. The number of hydrogen-bond donors (Lipinski definition) is 2. The van der Waals surface area contributed by atoms with E-state index in [0.717, 1.165) is 17.7 Å². The van der Waals surface area contributed by atoms with Crippen LogP contribution in [-0.2, 0) is 0 Å². The third kappa shape index (κ3) is 3.72. The first kappa shape index (κ1) is 11.7. The molecule has 0 atom stereocenters. The molecule has 0 aliphatic heterocycles. The molecule has 1 rings (SSSR count). The molecule has 1 aromatic carbocycles. The number of hydrogen-bond acceptors (Lipinski definition) is 3. The van der Waals surface area contributed by atoms with Gasteiger partial charge in [0, 0.05) is 24.2 Å². The van der Waals surface area contributed by atoms with Gasteiger partial charge in [-0.3, -0.25) is 4.79 Å². The molecule has 1 aromatic rings. The first-order valence-electron chi connectivity index (χ1n) is 5.26. The Labute approximate surface area is 90.1 Å². The zero-order valence-corrected chi connectivity index (χ0v) is 8.99. The Hall–Kier alpha value is -1.35. The predicted octanol–water partition coefficient (Wildman–Crippen LogP) is 2.07. The van der Waals surface area contributed by atoms with Crippen molar-refractivity contribution in [2.24, 2.45) is 0 Å². The summed E-state index contributed by atoms with van der Waals surface area (Å²) in [6.07, 6.45) is 1.48. The van der Waals surface area contributed by atoms with E-state index >= 15 is 0 Å². The van der Waals surface area contributed by atoms with Gasteiger partial charge in [-0.1, -0.05) is 6.92 Å². The van der Waals surface area contributed by atoms with Gasteiger partial charge >= 0.3 is 0 Å². The van der Waals surface area contributed by atoms with Crippen LogP contribution in [0.3, 0.4) is 0 Å². The quantitative estimate of drug-likeness (QED) is 0.702. The van der Waals surface area contributed by atoms with Crippen molar-refractivity contribution >= 4 is 11.5 Å². The van der Waals surface area contributed by atoms with Gasteiger partial charge in [0.15, 0.2) is 5.78 Å². The number of Topliss-reactive ketones (excluding diaryl/α,β-unsaturated/α-hetero) is 1. The number of aliphatic hydroxyl groups is 1. The smallest absolute Gasteiger partial charge is 0.162 e. The molecule has 0 heterocycles. The van der Waals surface area contributed by atoms with E-state index in [1.807, 2.05) is 31.2 Å². The minimum Gasteiger partial charge on any atom is -0.395 e. The third-order valence-electron chi connectivity index (χ3n) is 2.12. The van der Waals surface area contributed by atoms with E-state index in [1.165, 1.54) is 0 Å². The summed E-state index contributed by atoms with van der Waals surface area (Å²) in [5.74, 6) is 0.186. The van der Waals surface area contributed by atoms with Crippen molar-refractivity contribution in [1.82, 2.24) is 0 Å². The van der Waals surface area contributed by atoms with Crippen LogP contribution in [0.1, 0.15) is 30.1 Å². The molecule has 2 N–H and O–H groups in total. The molecule has 3 nitrogen and oxygen atoms in total. The lowest BCUT2D eigenvalue weighted by molar-refractivity contribution is 0.0982. The van der Waals surface area contributed by atoms with Gasteiger partial charge in [-0.05, 0) is 30.7 Å². The highest BCUT2D eigenvalue weighted by Gasteiger charge is 2.03. The van der Waals surface area contributed by atoms with E-state index < -0.39 is 0 Å². The lowest BCUT2D eigenvalue weighted by Crippen LogP contribution is -2.05. The molecule has 0 aliphatic rings. The third-order valence-corrected chi connectivity index (χ3v) is 2.12. The summed E-state index contributed by atoms with van der Waals surface area (Å²) in [5.41, 5.74) is 1.68. The van der Waals surface area contributed by atoms with Crippen molar-refractivity contribution in [2.75, 3.05) is 18.5 Å². The largest absolute Gasteiger partial charge is 0.395 e. The number of ketones is 1. The number of anilines is 1. The molecule has 0 saturated heterocycles. The van der Waals surface area contributed by atoms with Gasteiger partial charge in [-0.15, -0.1) is 0 Å². The number of carbonyl (C=O) groups excluding carboxylic acids is 1. The summed E-state index contributed by atoms with van der Waals surface area (Å²) in [6, 6.07) is 7.35. The van der Waals surface area contributed by atoms with Crippen LogP contribution < -0.4 is 5.32 Å². The number of benzene rings is 1. The molecule has 15 heavy (non-hydrogen) atoms. The molecule has 82 valence electrons. The zero-order valence-electron chi connectivity index (χ0n) is 8.99. The second-order valence-corrected chi connectivity index (χ2v) is 3.40. The number of carbonyl (C=O) groups is 1. The maximum absolute atomic E-state index is 11.5. The first-order valence-corrected chi connectivity index (χ1v) is 5.26. The van der Waals surface area contributed by atoms with Crippen molar-refractivity contribution in [3.8, 4) is 0 Å². The van der Waals surface area contributed by atoms with Gasteiger partial charge in [0.25, 0.3) is 0 Å². The van der Waals surface area contributed by atoms with Gasteiger partial charge in [0.2, 0.25) is 0 Å². The molecular formula is C12H17NO2. The molecule has 0 bridgehead atoms. The van der Waals surface area contributed by atoms with Crippen LogP contribution in [0.25, 0.3) is 0 Å². The number of nitrogens with one attached hydrogen (secondary N) is 1. The fourth-order valence-corrected chi connectivity index (χ4v) is 1.35. The predicted molar refractivity (Wildman–Crippen MR) is 61.3 cm³/mol. The Morgan fingerprint density at radius 1 is 1.33 bits per heavy atom. The van der Waals surface area contributed by atoms with Crippen LogP contribution in [0, 0.1) is 0 Å². The van der Waals surface area contributed by atoms with Crippen molar-refractivity contribution in [3.63, 3.8) is 0 Å². The Morgan fingerprint density at radius 3 is 2.53 bits per heavy atom. The summed E-state index contributed by atoms with van der Waals surface area (Å²) in [7, 11) is 0. The van der Waals surface area contributed by atoms with Crippen molar-refractivity contribution < 1.29 is 9.90 Å². The lowest BCUT2D eigenvalue weighted by Gasteiger charge is -2.05. The van der Waals surface area contributed by atoms with Crippen LogP contribution >= 0.6 is 0 Å². The average molecular weight is 207 g/mol. The van der Waals surface area contributed by atoms with Gasteiger partial charge < -0.3 is 10.4 Å².